The van der Waals surface area contributed by atoms with Crippen LogP contribution < -0.4 is 0 Å². The Hall–Kier alpha value is -1.30. The molecule has 0 N–H and O–H groups in total. The summed E-state index contributed by atoms with van der Waals surface area (Å²) in [7, 11) is -3.64. The van der Waals surface area contributed by atoms with E-state index in [0.29, 0.717) is 6.07 Å². The van der Waals surface area contributed by atoms with Crippen LogP contribution in [0.15, 0.2) is 17.0 Å². The molecule has 0 saturated heterocycles. The van der Waals surface area contributed by atoms with Crippen LogP contribution in [0.5, 0.6) is 0 Å². The van der Waals surface area contributed by atoms with E-state index in [1.165, 1.54) is 0 Å². The van der Waals surface area contributed by atoms with E-state index >= 15 is 0 Å². The molecule has 0 heterocycles. The lowest BCUT2D eigenvalue weighted by atomic mass is 10.2. The predicted octanol–water partition coefficient (Wildman–Crippen LogP) is 1.18. The molecule has 0 saturated carbocycles. The molecule has 0 atom stereocenters. The lowest BCUT2D eigenvalue weighted by Gasteiger charge is -2.01. The molecule has 76 valence electrons. The Labute approximate surface area is 79.3 Å². The third kappa shape index (κ3) is 1.95. The Balaban J connectivity index is 3.53. The van der Waals surface area contributed by atoms with Gasteiger partial charge in [0.25, 0.3) is 0 Å². The minimum atomic E-state index is -3.64. The van der Waals surface area contributed by atoms with E-state index < -0.39 is 31.9 Å². The number of sulfone groups is 1. The van der Waals surface area contributed by atoms with Crippen LogP contribution in [0.4, 0.5) is 8.78 Å². The van der Waals surface area contributed by atoms with Crippen LogP contribution in [0.3, 0.4) is 0 Å². The van der Waals surface area contributed by atoms with Crippen molar-refractivity contribution in [1.82, 2.24) is 0 Å². The fourth-order valence-corrected chi connectivity index (χ4v) is 1.54. The normalized spacial score (nSPS) is 11.4. The highest BCUT2D eigenvalue weighted by atomic mass is 32.2. The number of hydrogen-bond acceptors (Lipinski definition) is 3. The Kier molecular flexibility index (Phi) is 2.66. The Morgan fingerprint density at radius 1 is 1.29 bits per heavy atom. The van der Waals surface area contributed by atoms with Gasteiger partial charge in [0.05, 0.1) is 10.5 Å². The van der Waals surface area contributed by atoms with Gasteiger partial charge in [-0.3, -0.25) is 4.79 Å². The quantitative estimate of drug-likeness (QED) is 0.555. The molecule has 6 heteroatoms. The maximum atomic E-state index is 12.8. The van der Waals surface area contributed by atoms with E-state index in [-0.39, 0.29) is 6.29 Å². The van der Waals surface area contributed by atoms with Crippen molar-refractivity contribution in [3.63, 3.8) is 0 Å². The lowest BCUT2D eigenvalue weighted by Crippen LogP contribution is -2.02. The van der Waals surface area contributed by atoms with Crippen molar-refractivity contribution in [2.24, 2.45) is 0 Å². The van der Waals surface area contributed by atoms with Crippen molar-refractivity contribution in [2.75, 3.05) is 6.26 Å². The summed E-state index contributed by atoms with van der Waals surface area (Å²) in [5.74, 6) is -2.69. The zero-order chi connectivity index (χ0) is 10.9. The molecular formula is C8H6F2O3S. The first-order valence-electron chi connectivity index (χ1n) is 3.50. The zero-order valence-electron chi connectivity index (χ0n) is 7.12. The van der Waals surface area contributed by atoms with E-state index in [9.17, 15) is 22.0 Å². The zero-order valence-corrected chi connectivity index (χ0v) is 7.94. The minimum absolute atomic E-state index is 0.0626. The van der Waals surface area contributed by atoms with Gasteiger partial charge in [0.2, 0.25) is 0 Å². The first kappa shape index (κ1) is 10.8. The number of rotatable bonds is 2. The molecule has 0 spiro atoms. The maximum Gasteiger partial charge on any atom is 0.175 e. The van der Waals surface area contributed by atoms with Crippen LogP contribution in [0.1, 0.15) is 10.4 Å². The topological polar surface area (TPSA) is 51.2 Å². The highest BCUT2D eigenvalue weighted by Gasteiger charge is 2.15. The standard InChI is InChI=1S/C8H6F2O3S/c1-14(12,13)6-2-5(4-11)8(10)7(9)3-6/h2-4H,1H3. The van der Waals surface area contributed by atoms with Gasteiger partial charge < -0.3 is 0 Å². The molecule has 1 rings (SSSR count). The Bertz CT molecular complexity index is 480. The summed E-state index contributed by atoms with van der Waals surface area (Å²) in [6, 6.07) is 1.33. The molecule has 0 amide bonds. The van der Waals surface area contributed by atoms with Gasteiger partial charge in [0.1, 0.15) is 0 Å². The second kappa shape index (κ2) is 3.45. The van der Waals surface area contributed by atoms with Crippen molar-refractivity contribution >= 4 is 16.1 Å². The summed E-state index contributed by atoms with van der Waals surface area (Å²) < 4.78 is 47.4. The van der Waals surface area contributed by atoms with Gasteiger partial charge in [-0.15, -0.1) is 0 Å². The molecule has 0 radical (unpaired) electrons. The van der Waals surface area contributed by atoms with Gasteiger partial charge in [-0.2, -0.15) is 0 Å². The SMILES string of the molecule is CS(=O)(=O)c1cc(F)c(F)c(C=O)c1. The van der Waals surface area contributed by atoms with Crippen molar-refractivity contribution in [3.8, 4) is 0 Å². The number of carbonyl (C=O) groups is 1. The number of benzene rings is 1. The van der Waals surface area contributed by atoms with E-state index in [0.717, 1.165) is 12.3 Å². The van der Waals surface area contributed by atoms with Crippen molar-refractivity contribution < 1.29 is 22.0 Å². The fraction of sp³-hybridized carbons (Fsp3) is 0.125. The highest BCUT2D eigenvalue weighted by molar-refractivity contribution is 7.90. The third-order valence-corrected chi connectivity index (χ3v) is 2.68. The summed E-state index contributed by atoms with van der Waals surface area (Å²) in [6.45, 7) is 0. The lowest BCUT2D eigenvalue weighted by molar-refractivity contribution is 0.111. The number of halogens is 2. The Morgan fingerprint density at radius 3 is 2.29 bits per heavy atom. The van der Waals surface area contributed by atoms with Gasteiger partial charge >= 0.3 is 0 Å². The molecule has 14 heavy (non-hydrogen) atoms. The molecule has 0 bridgehead atoms. The molecule has 0 aliphatic carbocycles. The van der Waals surface area contributed by atoms with Crippen LogP contribution in [0, 0.1) is 11.6 Å². The predicted molar refractivity (Wildman–Crippen MR) is 44.9 cm³/mol. The third-order valence-electron chi connectivity index (χ3n) is 1.58. The fourth-order valence-electron chi connectivity index (χ4n) is 0.884. The average molecular weight is 220 g/mol. The average Bonchev–Trinajstić information content (AvgIpc) is 2.07. The van der Waals surface area contributed by atoms with Gasteiger partial charge in [-0.1, -0.05) is 0 Å². The molecule has 0 unspecified atom stereocenters. The van der Waals surface area contributed by atoms with Gasteiger partial charge in [-0.05, 0) is 12.1 Å². The van der Waals surface area contributed by atoms with Gasteiger partial charge in [-0.25, -0.2) is 17.2 Å². The Morgan fingerprint density at radius 2 is 1.86 bits per heavy atom. The highest BCUT2D eigenvalue weighted by Crippen LogP contribution is 2.17. The maximum absolute atomic E-state index is 12.8. The smallest absolute Gasteiger partial charge is 0.175 e. The summed E-state index contributed by atoms with van der Waals surface area (Å²) in [5, 5.41) is 0. The molecule has 1 aromatic carbocycles. The summed E-state index contributed by atoms with van der Waals surface area (Å²) >= 11 is 0. The van der Waals surface area contributed by atoms with Crippen LogP contribution in [0.25, 0.3) is 0 Å². The van der Waals surface area contributed by atoms with Crippen molar-refractivity contribution in [3.05, 3.63) is 29.3 Å². The molecule has 0 aromatic heterocycles. The molecule has 3 nitrogen and oxygen atoms in total. The summed E-state index contributed by atoms with van der Waals surface area (Å²) in [6.07, 6.45) is 0.904. The summed E-state index contributed by atoms with van der Waals surface area (Å²) in [4.78, 5) is 9.84. The second-order valence-corrected chi connectivity index (χ2v) is 4.71. The van der Waals surface area contributed by atoms with Gasteiger partial charge in [0, 0.05) is 6.26 Å². The molecular weight excluding hydrogens is 214 g/mol. The van der Waals surface area contributed by atoms with Gasteiger partial charge in [0.15, 0.2) is 27.8 Å². The second-order valence-electron chi connectivity index (χ2n) is 2.70. The first-order chi connectivity index (χ1) is 6.36. The number of carbonyl (C=O) groups excluding carboxylic acids is 1. The minimum Gasteiger partial charge on any atom is -0.298 e. The van der Waals surface area contributed by atoms with Crippen LogP contribution in [-0.4, -0.2) is 21.0 Å². The molecule has 1 aromatic rings. The van der Waals surface area contributed by atoms with E-state index in [1.54, 1.807) is 0 Å². The number of aldehydes is 1. The molecule has 0 fully saturated rings. The molecule has 0 aliphatic rings. The monoisotopic (exact) mass is 220 g/mol. The van der Waals surface area contributed by atoms with Crippen molar-refractivity contribution in [2.45, 2.75) is 4.90 Å². The molecule has 0 aliphatic heterocycles. The van der Waals surface area contributed by atoms with Crippen LogP contribution >= 0.6 is 0 Å². The van der Waals surface area contributed by atoms with Crippen LogP contribution in [0.2, 0.25) is 0 Å². The van der Waals surface area contributed by atoms with Crippen LogP contribution in [-0.2, 0) is 9.84 Å². The van der Waals surface area contributed by atoms with E-state index in [4.69, 9.17) is 0 Å². The summed E-state index contributed by atoms with van der Waals surface area (Å²) in [5.41, 5.74) is -0.606. The van der Waals surface area contributed by atoms with Crippen molar-refractivity contribution in [1.29, 1.82) is 0 Å². The van der Waals surface area contributed by atoms with E-state index in [2.05, 4.69) is 0 Å². The first-order valence-corrected chi connectivity index (χ1v) is 5.39. The van der Waals surface area contributed by atoms with E-state index in [1.807, 2.05) is 0 Å². The number of hydrogen-bond donors (Lipinski definition) is 0. The largest absolute Gasteiger partial charge is 0.298 e.